The highest BCUT2D eigenvalue weighted by Crippen LogP contribution is 2.10. The van der Waals surface area contributed by atoms with Gasteiger partial charge in [-0.25, -0.2) is 9.59 Å². The lowest BCUT2D eigenvalue weighted by Gasteiger charge is -2.13. The molecule has 0 bridgehead atoms. The predicted molar refractivity (Wildman–Crippen MR) is 81.3 cm³/mol. The molecule has 0 fully saturated rings. The van der Waals surface area contributed by atoms with Gasteiger partial charge in [-0.1, -0.05) is 6.07 Å². The van der Waals surface area contributed by atoms with Crippen LogP contribution in [0.15, 0.2) is 24.3 Å². The van der Waals surface area contributed by atoms with Crippen LogP contribution in [0.4, 0.5) is 4.79 Å². The zero-order valence-corrected chi connectivity index (χ0v) is 13.3. The van der Waals surface area contributed by atoms with Crippen molar-refractivity contribution >= 4 is 40.5 Å². The van der Waals surface area contributed by atoms with Crippen LogP contribution in [-0.4, -0.2) is 30.6 Å². The van der Waals surface area contributed by atoms with Gasteiger partial charge in [0.1, 0.15) is 0 Å². The van der Waals surface area contributed by atoms with E-state index in [0.717, 1.165) is 3.57 Å². The molecule has 20 heavy (non-hydrogen) atoms. The number of ether oxygens (including phenoxy) is 1. The Labute approximate surface area is 130 Å². The maximum Gasteiger partial charge on any atom is 0.338 e. The number of halogens is 1. The Balaban J connectivity index is 2.57. The lowest BCUT2D eigenvalue weighted by molar-refractivity contribution is -0.127. The zero-order valence-electron chi connectivity index (χ0n) is 11.1. The van der Waals surface area contributed by atoms with Crippen LogP contribution in [0.1, 0.15) is 24.2 Å². The standard InChI is InChI=1S/C13H15IN2O4/c1-3-15-13(19)16-11(17)8(2)20-12(18)9-5-4-6-10(14)7-9/h4-8H,3H2,1-2H3,(H2,15,16,17,19)/t8-/m1/s1. The molecular weight excluding hydrogens is 375 g/mol. The Morgan fingerprint density at radius 3 is 2.65 bits per heavy atom. The van der Waals surface area contributed by atoms with Crippen LogP contribution in [0.3, 0.4) is 0 Å². The number of hydrogen-bond donors (Lipinski definition) is 2. The van der Waals surface area contributed by atoms with Crippen LogP contribution in [0.2, 0.25) is 0 Å². The molecule has 0 radical (unpaired) electrons. The second-order valence-corrected chi connectivity index (χ2v) is 5.15. The topological polar surface area (TPSA) is 84.5 Å². The smallest absolute Gasteiger partial charge is 0.338 e. The zero-order chi connectivity index (χ0) is 15.1. The second-order valence-electron chi connectivity index (χ2n) is 3.91. The van der Waals surface area contributed by atoms with Gasteiger partial charge in [0.2, 0.25) is 0 Å². The summed E-state index contributed by atoms with van der Waals surface area (Å²) in [6.45, 7) is 3.53. The summed E-state index contributed by atoms with van der Waals surface area (Å²) in [5.41, 5.74) is 0.356. The fraction of sp³-hybridized carbons (Fsp3) is 0.308. The van der Waals surface area contributed by atoms with Gasteiger partial charge in [0, 0.05) is 10.1 Å². The van der Waals surface area contributed by atoms with Gasteiger partial charge in [-0.2, -0.15) is 0 Å². The minimum absolute atomic E-state index is 0.356. The summed E-state index contributed by atoms with van der Waals surface area (Å²) in [6, 6.07) is 6.19. The van der Waals surface area contributed by atoms with Crippen molar-refractivity contribution in [2.75, 3.05) is 6.54 Å². The van der Waals surface area contributed by atoms with Crippen molar-refractivity contribution in [3.63, 3.8) is 0 Å². The summed E-state index contributed by atoms with van der Waals surface area (Å²) in [5, 5.41) is 4.49. The summed E-state index contributed by atoms with van der Waals surface area (Å²) in [6.07, 6.45) is -1.05. The van der Waals surface area contributed by atoms with E-state index in [1.54, 1.807) is 25.1 Å². The van der Waals surface area contributed by atoms with E-state index in [1.807, 2.05) is 6.07 Å². The van der Waals surface area contributed by atoms with Crippen molar-refractivity contribution in [2.45, 2.75) is 20.0 Å². The number of rotatable bonds is 4. The second kappa shape index (κ2) is 7.83. The fourth-order valence-corrected chi connectivity index (χ4v) is 1.86. The third-order valence-corrected chi connectivity index (χ3v) is 2.96. The Morgan fingerprint density at radius 2 is 2.05 bits per heavy atom. The lowest BCUT2D eigenvalue weighted by Crippen LogP contribution is -2.44. The Hall–Kier alpha value is -1.64. The number of carbonyl (C=O) groups excluding carboxylic acids is 3. The lowest BCUT2D eigenvalue weighted by atomic mass is 10.2. The van der Waals surface area contributed by atoms with E-state index in [2.05, 4.69) is 33.2 Å². The van der Waals surface area contributed by atoms with Crippen molar-refractivity contribution in [1.82, 2.24) is 10.6 Å². The molecule has 0 spiro atoms. The van der Waals surface area contributed by atoms with Crippen LogP contribution in [0.25, 0.3) is 0 Å². The number of hydrogen-bond acceptors (Lipinski definition) is 4. The van der Waals surface area contributed by atoms with Crippen molar-refractivity contribution in [3.8, 4) is 0 Å². The van der Waals surface area contributed by atoms with Crippen molar-refractivity contribution in [2.24, 2.45) is 0 Å². The number of benzene rings is 1. The van der Waals surface area contributed by atoms with Gasteiger partial charge in [-0.05, 0) is 54.6 Å². The first-order chi connectivity index (χ1) is 9.43. The first-order valence-corrected chi connectivity index (χ1v) is 7.07. The Kier molecular flexibility index (Phi) is 6.43. The van der Waals surface area contributed by atoms with E-state index < -0.39 is 24.0 Å². The summed E-state index contributed by atoms with van der Waals surface area (Å²) >= 11 is 2.07. The van der Waals surface area contributed by atoms with Gasteiger partial charge >= 0.3 is 12.0 Å². The normalized spacial score (nSPS) is 11.3. The van der Waals surface area contributed by atoms with Gasteiger partial charge in [-0.3, -0.25) is 10.1 Å². The molecule has 0 aliphatic carbocycles. The number of esters is 1. The third kappa shape index (κ3) is 5.16. The molecule has 2 N–H and O–H groups in total. The number of carbonyl (C=O) groups is 3. The fourth-order valence-electron chi connectivity index (χ4n) is 1.32. The average Bonchev–Trinajstić information content (AvgIpc) is 2.38. The maximum atomic E-state index is 11.8. The molecule has 0 saturated heterocycles. The molecule has 7 heteroatoms. The number of amides is 3. The van der Waals surface area contributed by atoms with Crippen molar-refractivity contribution in [3.05, 3.63) is 33.4 Å². The maximum absolute atomic E-state index is 11.8. The summed E-state index contributed by atoms with van der Waals surface area (Å²) in [5.74, 6) is -1.28. The monoisotopic (exact) mass is 390 g/mol. The summed E-state index contributed by atoms with van der Waals surface area (Å²) in [4.78, 5) is 34.6. The molecule has 0 aromatic heterocycles. The van der Waals surface area contributed by atoms with Crippen molar-refractivity contribution < 1.29 is 19.1 Å². The molecule has 3 amide bonds. The minimum Gasteiger partial charge on any atom is -0.449 e. The largest absolute Gasteiger partial charge is 0.449 e. The number of nitrogens with one attached hydrogen (secondary N) is 2. The van der Waals surface area contributed by atoms with Crippen LogP contribution < -0.4 is 10.6 Å². The molecular formula is C13H15IN2O4. The summed E-state index contributed by atoms with van der Waals surface area (Å²) < 4.78 is 5.88. The highest BCUT2D eigenvalue weighted by Gasteiger charge is 2.20. The van der Waals surface area contributed by atoms with Crippen LogP contribution >= 0.6 is 22.6 Å². The van der Waals surface area contributed by atoms with E-state index in [1.165, 1.54) is 6.92 Å². The number of imide groups is 1. The minimum atomic E-state index is -1.05. The van der Waals surface area contributed by atoms with E-state index in [0.29, 0.717) is 12.1 Å². The molecule has 1 aromatic carbocycles. The van der Waals surface area contributed by atoms with E-state index in [9.17, 15) is 14.4 Å². The molecule has 0 saturated carbocycles. The van der Waals surface area contributed by atoms with Gasteiger partial charge in [-0.15, -0.1) is 0 Å². The predicted octanol–water partition coefficient (Wildman–Crippen LogP) is 1.68. The van der Waals surface area contributed by atoms with Gasteiger partial charge < -0.3 is 10.1 Å². The SMILES string of the molecule is CCNC(=O)NC(=O)[C@@H](C)OC(=O)c1cccc(I)c1. The highest BCUT2D eigenvalue weighted by atomic mass is 127. The molecule has 0 heterocycles. The average molecular weight is 390 g/mol. The first-order valence-electron chi connectivity index (χ1n) is 5.99. The van der Waals surface area contributed by atoms with Crippen LogP contribution in [0.5, 0.6) is 0 Å². The molecule has 0 unspecified atom stereocenters. The Morgan fingerprint density at radius 1 is 1.35 bits per heavy atom. The molecule has 1 rings (SSSR count). The third-order valence-electron chi connectivity index (χ3n) is 2.29. The molecule has 1 aromatic rings. The molecule has 108 valence electrons. The molecule has 1 atom stereocenters. The molecule has 0 aliphatic rings. The van der Waals surface area contributed by atoms with E-state index in [4.69, 9.17) is 4.74 Å². The van der Waals surface area contributed by atoms with Crippen LogP contribution in [-0.2, 0) is 9.53 Å². The number of urea groups is 1. The van der Waals surface area contributed by atoms with Gasteiger partial charge in [0.05, 0.1) is 5.56 Å². The van der Waals surface area contributed by atoms with E-state index >= 15 is 0 Å². The van der Waals surface area contributed by atoms with E-state index in [-0.39, 0.29) is 0 Å². The summed E-state index contributed by atoms with van der Waals surface area (Å²) in [7, 11) is 0. The quantitative estimate of drug-likeness (QED) is 0.606. The van der Waals surface area contributed by atoms with Gasteiger partial charge in [0.15, 0.2) is 6.10 Å². The van der Waals surface area contributed by atoms with Gasteiger partial charge in [0.25, 0.3) is 5.91 Å². The molecule has 6 nitrogen and oxygen atoms in total. The Bertz CT molecular complexity index is 519. The van der Waals surface area contributed by atoms with Crippen molar-refractivity contribution in [1.29, 1.82) is 0 Å². The molecule has 0 aliphatic heterocycles. The van der Waals surface area contributed by atoms with Crippen LogP contribution in [0, 0.1) is 3.57 Å². The first kappa shape index (κ1) is 16.4. The highest BCUT2D eigenvalue weighted by molar-refractivity contribution is 14.1.